The Hall–Kier alpha value is -1.35. The molecule has 1 aliphatic rings. The summed E-state index contributed by atoms with van der Waals surface area (Å²) < 4.78 is 0. The molecule has 1 aromatic carbocycles. The van der Waals surface area contributed by atoms with E-state index in [1.165, 1.54) is 5.56 Å². The molecule has 1 aromatic rings. The van der Waals surface area contributed by atoms with Crippen LogP contribution < -0.4 is 5.32 Å². The molecule has 1 atom stereocenters. The van der Waals surface area contributed by atoms with E-state index in [2.05, 4.69) is 30.4 Å². The van der Waals surface area contributed by atoms with Crippen LogP contribution in [0.5, 0.6) is 0 Å². The van der Waals surface area contributed by atoms with Gasteiger partial charge in [-0.25, -0.2) is 0 Å². The zero-order valence-corrected chi connectivity index (χ0v) is 12.6. The molecule has 0 radical (unpaired) electrons. The predicted molar refractivity (Wildman–Crippen MR) is 80.6 cm³/mol. The maximum Gasteiger partial charge on any atom is 0.230 e. The van der Waals surface area contributed by atoms with Gasteiger partial charge in [-0.1, -0.05) is 50.1 Å². The Morgan fingerprint density at radius 1 is 1.40 bits per heavy atom. The highest BCUT2D eigenvalue weighted by Gasteiger charge is 2.46. The van der Waals surface area contributed by atoms with Gasteiger partial charge in [-0.15, -0.1) is 0 Å². The number of nitrogens with one attached hydrogen (secondary N) is 1. The molecule has 1 saturated carbocycles. The zero-order valence-electron chi connectivity index (χ0n) is 12.6. The lowest BCUT2D eigenvalue weighted by Crippen LogP contribution is -2.54. The fraction of sp³-hybridized carbons (Fsp3) is 0.588. The molecule has 0 spiro atoms. The van der Waals surface area contributed by atoms with E-state index in [0.717, 1.165) is 24.8 Å². The van der Waals surface area contributed by atoms with Crippen molar-refractivity contribution in [3.8, 4) is 0 Å². The third kappa shape index (κ3) is 2.73. The molecule has 0 bridgehead atoms. The molecule has 1 fully saturated rings. The molecule has 3 nitrogen and oxygen atoms in total. The van der Waals surface area contributed by atoms with Gasteiger partial charge in [-0.3, -0.25) is 4.79 Å². The average Bonchev–Trinajstić information content (AvgIpc) is 2.34. The molecular weight excluding hydrogens is 250 g/mol. The number of benzene rings is 1. The molecule has 1 aliphatic carbocycles. The summed E-state index contributed by atoms with van der Waals surface area (Å²) in [7, 11) is 0. The van der Waals surface area contributed by atoms with Crippen molar-refractivity contribution in [3.63, 3.8) is 0 Å². The van der Waals surface area contributed by atoms with Crippen molar-refractivity contribution in [2.24, 2.45) is 5.92 Å². The van der Waals surface area contributed by atoms with Gasteiger partial charge in [0.05, 0.1) is 18.1 Å². The molecule has 2 rings (SSSR count). The van der Waals surface area contributed by atoms with Crippen LogP contribution in [0.3, 0.4) is 0 Å². The zero-order chi connectivity index (χ0) is 14.8. The topological polar surface area (TPSA) is 49.3 Å². The number of rotatable bonds is 5. The summed E-state index contributed by atoms with van der Waals surface area (Å²) in [5, 5.41) is 12.4. The second-order valence-electron chi connectivity index (χ2n) is 6.31. The molecule has 1 amide bonds. The molecule has 0 aliphatic heterocycles. The summed E-state index contributed by atoms with van der Waals surface area (Å²) >= 11 is 0. The number of hydrogen-bond acceptors (Lipinski definition) is 2. The Morgan fingerprint density at radius 3 is 2.55 bits per heavy atom. The minimum Gasteiger partial charge on any atom is -0.394 e. The van der Waals surface area contributed by atoms with Crippen molar-refractivity contribution in [2.75, 3.05) is 6.61 Å². The van der Waals surface area contributed by atoms with Gasteiger partial charge < -0.3 is 10.4 Å². The first-order valence-corrected chi connectivity index (χ1v) is 7.48. The number of aliphatic hydroxyl groups is 1. The van der Waals surface area contributed by atoms with E-state index < -0.39 is 0 Å². The molecule has 0 heterocycles. The van der Waals surface area contributed by atoms with E-state index in [9.17, 15) is 9.90 Å². The summed E-state index contributed by atoms with van der Waals surface area (Å²) in [6.07, 6.45) is 2.89. The first kappa shape index (κ1) is 15.0. The number of amides is 1. The molecule has 2 N–H and O–H groups in total. The van der Waals surface area contributed by atoms with Crippen LogP contribution in [0.25, 0.3) is 0 Å². The van der Waals surface area contributed by atoms with Gasteiger partial charge in [0.15, 0.2) is 0 Å². The lowest BCUT2D eigenvalue weighted by Gasteiger charge is -2.42. The Labute approximate surface area is 121 Å². The van der Waals surface area contributed by atoms with Crippen LogP contribution in [0.2, 0.25) is 0 Å². The van der Waals surface area contributed by atoms with Gasteiger partial charge in [0, 0.05) is 0 Å². The Kier molecular flexibility index (Phi) is 4.48. The number of carbonyl (C=O) groups excluding carboxylic acids is 1. The number of aryl methyl sites for hydroxylation is 1. The van der Waals surface area contributed by atoms with Crippen molar-refractivity contribution in [1.82, 2.24) is 5.32 Å². The summed E-state index contributed by atoms with van der Waals surface area (Å²) in [6, 6.07) is 8.07. The van der Waals surface area contributed by atoms with Crippen LogP contribution in [-0.2, 0) is 10.2 Å². The molecule has 110 valence electrons. The van der Waals surface area contributed by atoms with Crippen LogP contribution in [0.15, 0.2) is 24.3 Å². The van der Waals surface area contributed by atoms with E-state index in [1.807, 2.05) is 19.9 Å². The minimum atomic E-state index is -0.381. The lowest BCUT2D eigenvalue weighted by atomic mass is 9.63. The van der Waals surface area contributed by atoms with E-state index >= 15 is 0 Å². The Balaban J connectivity index is 2.21. The number of hydrogen-bond donors (Lipinski definition) is 2. The van der Waals surface area contributed by atoms with Gasteiger partial charge in [-0.05, 0) is 31.2 Å². The van der Waals surface area contributed by atoms with Crippen molar-refractivity contribution >= 4 is 5.91 Å². The highest BCUT2D eigenvalue weighted by atomic mass is 16.3. The van der Waals surface area contributed by atoms with Crippen LogP contribution in [0.1, 0.15) is 44.2 Å². The lowest BCUT2D eigenvalue weighted by molar-refractivity contribution is -0.131. The molecule has 0 aromatic heterocycles. The van der Waals surface area contributed by atoms with Crippen molar-refractivity contribution in [1.29, 1.82) is 0 Å². The standard InChI is InChI=1S/C17H25NO2/c1-12(2)15(11-19)18-16(20)17(8-5-9-17)14-7-4-6-13(3)10-14/h4,6-7,10,12,15,19H,5,8-9,11H2,1-3H3,(H,18,20)/t15-/m1/s1. The Morgan fingerprint density at radius 2 is 2.10 bits per heavy atom. The highest BCUT2D eigenvalue weighted by Crippen LogP contribution is 2.44. The largest absolute Gasteiger partial charge is 0.394 e. The fourth-order valence-electron chi connectivity index (χ4n) is 2.85. The summed E-state index contributed by atoms with van der Waals surface area (Å²) in [5.41, 5.74) is 1.92. The quantitative estimate of drug-likeness (QED) is 0.867. The van der Waals surface area contributed by atoms with E-state index in [4.69, 9.17) is 0 Å². The minimum absolute atomic E-state index is 0.00664. The summed E-state index contributed by atoms with van der Waals surface area (Å²) in [5.74, 6) is 0.306. The van der Waals surface area contributed by atoms with E-state index in [-0.39, 0.29) is 29.9 Å². The Bertz CT molecular complexity index is 478. The monoisotopic (exact) mass is 275 g/mol. The van der Waals surface area contributed by atoms with Crippen molar-refractivity contribution in [3.05, 3.63) is 35.4 Å². The third-order valence-electron chi connectivity index (χ3n) is 4.53. The van der Waals surface area contributed by atoms with Crippen molar-refractivity contribution < 1.29 is 9.90 Å². The summed E-state index contributed by atoms with van der Waals surface area (Å²) in [6.45, 7) is 6.08. The molecule has 20 heavy (non-hydrogen) atoms. The van der Waals surface area contributed by atoms with Gasteiger partial charge in [0.25, 0.3) is 0 Å². The predicted octanol–water partition coefficient (Wildman–Crippen LogP) is 2.55. The fourth-order valence-corrected chi connectivity index (χ4v) is 2.85. The summed E-state index contributed by atoms with van der Waals surface area (Å²) in [4.78, 5) is 12.7. The van der Waals surface area contributed by atoms with Crippen LogP contribution in [-0.4, -0.2) is 23.7 Å². The number of carbonyl (C=O) groups is 1. The third-order valence-corrected chi connectivity index (χ3v) is 4.53. The average molecular weight is 275 g/mol. The highest BCUT2D eigenvalue weighted by molar-refractivity contribution is 5.89. The first-order chi connectivity index (χ1) is 9.49. The van der Waals surface area contributed by atoms with E-state index in [0.29, 0.717) is 0 Å². The van der Waals surface area contributed by atoms with Gasteiger partial charge in [0.1, 0.15) is 0 Å². The molecule has 0 saturated heterocycles. The number of aliphatic hydroxyl groups excluding tert-OH is 1. The smallest absolute Gasteiger partial charge is 0.230 e. The van der Waals surface area contributed by atoms with E-state index in [1.54, 1.807) is 0 Å². The second-order valence-corrected chi connectivity index (χ2v) is 6.31. The normalized spacial score (nSPS) is 18.4. The molecule has 0 unspecified atom stereocenters. The van der Waals surface area contributed by atoms with Crippen molar-refractivity contribution in [2.45, 2.75) is 51.5 Å². The molecule has 3 heteroatoms. The first-order valence-electron chi connectivity index (χ1n) is 7.48. The van der Waals surface area contributed by atoms with Gasteiger partial charge in [-0.2, -0.15) is 0 Å². The SMILES string of the molecule is Cc1cccc(C2(C(=O)N[C@H](CO)C(C)C)CCC2)c1. The maximum absolute atomic E-state index is 12.7. The second kappa shape index (κ2) is 5.96. The van der Waals surface area contributed by atoms with Gasteiger partial charge >= 0.3 is 0 Å². The maximum atomic E-state index is 12.7. The van der Waals surface area contributed by atoms with Crippen LogP contribution in [0.4, 0.5) is 0 Å². The molecular formula is C17H25NO2. The van der Waals surface area contributed by atoms with Crippen LogP contribution in [0, 0.1) is 12.8 Å². The van der Waals surface area contributed by atoms with Gasteiger partial charge in [0.2, 0.25) is 5.91 Å². The van der Waals surface area contributed by atoms with Crippen LogP contribution >= 0.6 is 0 Å².